The number of nitrogens with one attached hydrogen (secondary N) is 1. The van der Waals surface area contributed by atoms with E-state index in [0.717, 1.165) is 16.0 Å². The van der Waals surface area contributed by atoms with E-state index in [0.29, 0.717) is 5.02 Å². The van der Waals surface area contributed by atoms with Crippen molar-refractivity contribution in [3.63, 3.8) is 0 Å². The van der Waals surface area contributed by atoms with E-state index in [1.54, 1.807) is 7.11 Å². The summed E-state index contributed by atoms with van der Waals surface area (Å²) in [7, 11) is 1.59. The maximum Gasteiger partial charge on any atom is 0.278 e. The number of ether oxygens (including phenoxy) is 1. The fourth-order valence-corrected chi connectivity index (χ4v) is 3.14. The van der Waals surface area contributed by atoms with Gasteiger partial charge in [-0.2, -0.15) is 0 Å². The molecular weight excluding hydrogens is 391 g/mol. The number of hydrogen-bond donors (Lipinski definition) is 1. The second kappa shape index (κ2) is 7.94. The largest absolute Gasteiger partial charge is 0.497 e. The molecule has 27 heavy (non-hydrogen) atoms. The number of halogens is 2. The fourth-order valence-electron chi connectivity index (χ4n) is 2.61. The minimum Gasteiger partial charge on any atom is -0.497 e. The van der Waals surface area contributed by atoms with E-state index in [9.17, 15) is 9.59 Å². The van der Waals surface area contributed by atoms with Crippen molar-refractivity contribution >= 4 is 40.0 Å². The molecule has 3 rings (SSSR count). The first-order valence-electron chi connectivity index (χ1n) is 8.05. The highest BCUT2D eigenvalue weighted by atomic mass is 35.5. The van der Waals surface area contributed by atoms with Crippen molar-refractivity contribution in [2.24, 2.45) is 0 Å². The molecule has 140 valence electrons. The number of carbonyl (C=O) groups excluding carboxylic acids is 1. The van der Waals surface area contributed by atoms with Gasteiger partial charge >= 0.3 is 0 Å². The molecule has 0 aliphatic rings. The van der Waals surface area contributed by atoms with Gasteiger partial charge in [0.05, 0.1) is 23.6 Å². The zero-order valence-corrected chi connectivity index (χ0v) is 16.1. The Morgan fingerprint density at radius 2 is 1.96 bits per heavy atom. The molecule has 0 spiro atoms. The third-order valence-electron chi connectivity index (χ3n) is 4.03. The molecule has 1 heterocycles. The zero-order chi connectivity index (χ0) is 19.6. The first kappa shape index (κ1) is 19.1. The van der Waals surface area contributed by atoms with E-state index in [2.05, 4.69) is 15.6 Å². The van der Waals surface area contributed by atoms with E-state index in [4.69, 9.17) is 27.9 Å². The smallest absolute Gasteiger partial charge is 0.278 e. The monoisotopic (exact) mass is 406 g/mol. The lowest BCUT2D eigenvalue weighted by Crippen LogP contribution is -2.35. The van der Waals surface area contributed by atoms with E-state index in [-0.39, 0.29) is 34.4 Å². The first-order chi connectivity index (χ1) is 12.9. The Labute approximate surface area is 164 Å². The van der Waals surface area contributed by atoms with Crippen LogP contribution in [-0.4, -0.2) is 28.0 Å². The van der Waals surface area contributed by atoms with Crippen molar-refractivity contribution < 1.29 is 9.53 Å². The Kier molecular flexibility index (Phi) is 5.62. The number of methoxy groups -OCH3 is 1. The Balaban J connectivity index is 1.77. The molecule has 0 saturated carbocycles. The van der Waals surface area contributed by atoms with Gasteiger partial charge in [-0.1, -0.05) is 40.5 Å². The molecule has 0 radical (unpaired) electrons. The zero-order valence-electron chi connectivity index (χ0n) is 14.6. The molecule has 2 aromatic carbocycles. The van der Waals surface area contributed by atoms with Crippen LogP contribution in [0.15, 0.2) is 41.2 Å². The maximum atomic E-state index is 12.5. The van der Waals surface area contributed by atoms with Crippen molar-refractivity contribution in [1.29, 1.82) is 0 Å². The molecule has 3 aromatic rings. The van der Waals surface area contributed by atoms with Gasteiger partial charge in [-0.25, -0.2) is 4.68 Å². The van der Waals surface area contributed by atoms with Crippen molar-refractivity contribution in [3.8, 4) is 5.75 Å². The van der Waals surface area contributed by atoms with Gasteiger partial charge in [-0.3, -0.25) is 9.59 Å². The third kappa shape index (κ3) is 4.20. The molecular formula is C18H16Cl2N4O3. The number of rotatable bonds is 5. The molecule has 1 atom stereocenters. The fraction of sp³-hybridized carbons (Fsp3) is 0.222. The lowest BCUT2D eigenvalue weighted by molar-refractivity contribution is -0.122. The summed E-state index contributed by atoms with van der Waals surface area (Å²) >= 11 is 12.0. The number of hydrogen-bond acceptors (Lipinski definition) is 5. The summed E-state index contributed by atoms with van der Waals surface area (Å²) in [6.45, 7) is 1.57. The van der Waals surface area contributed by atoms with Crippen molar-refractivity contribution in [1.82, 2.24) is 20.3 Å². The molecule has 7 nitrogen and oxygen atoms in total. The van der Waals surface area contributed by atoms with Gasteiger partial charge in [-0.05, 0) is 36.8 Å². The molecule has 0 aliphatic carbocycles. The summed E-state index contributed by atoms with van der Waals surface area (Å²) in [5.41, 5.74) is 0.658. The standard InChI is InChI=1S/C18H16Cl2N4O3/c1-10(11-3-5-13(27-2)6-4-11)21-16(25)9-24-18(26)14-7-12(19)8-15(20)17(14)22-23-24/h3-8,10H,9H2,1-2H3,(H,21,25). The molecule has 1 unspecified atom stereocenters. The van der Waals surface area contributed by atoms with Gasteiger partial charge < -0.3 is 10.1 Å². The number of carbonyl (C=O) groups is 1. The van der Waals surface area contributed by atoms with Crippen LogP contribution in [0.5, 0.6) is 5.75 Å². The number of aromatic nitrogens is 3. The van der Waals surface area contributed by atoms with Crippen LogP contribution in [-0.2, 0) is 11.3 Å². The summed E-state index contributed by atoms with van der Waals surface area (Å²) in [5, 5.41) is 11.3. The van der Waals surface area contributed by atoms with Crippen LogP contribution in [0.4, 0.5) is 0 Å². The summed E-state index contributed by atoms with van der Waals surface area (Å²) < 4.78 is 6.09. The van der Waals surface area contributed by atoms with E-state index in [1.165, 1.54) is 12.1 Å². The topological polar surface area (TPSA) is 86.1 Å². The van der Waals surface area contributed by atoms with Crippen LogP contribution in [0.1, 0.15) is 18.5 Å². The molecule has 0 fully saturated rings. The Morgan fingerprint density at radius 1 is 1.26 bits per heavy atom. The Hall–Kier alpha value is -2.64. The van der Waals surface area contributed by atoms with E-state index in [1.807, 2.05) is 31.2 Å². The molecule has 1 aromatic heterocycles. The summed E-state index contributed by atoms with van der Waals surface area (Å²) in [6, 6.07) is 10.0. The van der Waals surface area contributed by atoms with Gasteiger partial charge in [0.1, 0.15) is 17.8 Å². The number of amides is 1. The van der Waals surface area contributed by atoms with Crippen molar-refractivity contribution in [2.45, 2.75) is 19.5 Å². The minimum atomic E-state index is -0.489. The second-order valence-electron chi connectivity index (χ2n) is 5.90. The molecule has 0 bridgehead atoms. The number of fused-ring (bicyclic) bond motifs is 1. The first-order valence-corrected chi connectivity index (χ1v) is 8.80. The normalized spacial score (nSPS) is 12.0. The van der Waals surface area contributed by atoms with Crippen LogP contribution in [0.25, 0.3) is 10.9 Å². The number of benzene rings is 2. The average Bonchev–Trinajstić information content (AvgIpc) is 2.64. The Bertz CT molecular complexity index is 1050. The van der Waals surface area contributed by atoms with Crippen LogP contribution >= 0.6 is 23.2 Å². The van der Waals surface area contributed by atoms with Crippen LogP contribution in [0.2, 0.25) is 10.0 Å². The summed E-state index contributed by atoms with van der Waals surface area (Å²) in [5.74, 6) is 0.356. The number of nitrogens with zero attached hydrogens (tertiary/aromatic N) is 3. The van der Waals surface area contributed by atoms with Crippen molar-refractivity contribution in [2.75, 3.05) is 7.11 Å². The molecule has 0 aliphatic heterocycles. The van der Waals surface area contributed by atoms with Gasteiger partial charge in [0.25, 0.3) is 5.56 Å². The average molecular weight is 407 g/mol. The van der Waals surface area contributed by atoms with Crippen LogP contribution in [0.3, 0.4) is 0 Å². The van der Waals surface area contributed by atoms with Gasteiger partial charge in [0, 0.05) is 5.02 Å². The van der Waals surface area contributed by atoms with Crippen LogP contribution < -0.4 is 15.6 Å². The van der Waals surface area contributed by atoms with E-state index >= 15 is 0 Å². The quantitative estimate of drug-likeness (QED) is 0.703. The molecule has 0 saturated heterocycles. The lowest BCUT2D eigenvalue weighted by atomic mass is 10.1. The predicted octanol–water partition coefficient (Wildman–Crippen LogP) is 2.98. The van der Waals surface area contributed by atoms with E-state index < -0.39 is 5.56 Å². The molecule has 1 N–H and O–H groups in total. The lowest BCUT2D eigenvalue weighted by Gasteiger charge is -2.15. The maximum absolute atomic E-state index is 12.5. The highest BCUT2D eigenvalue weighted by Gasteiger charge is 2.15. The van der Waals surface area contributed by atoms with Gasteiger partial charge in [0.15, 0.2) is 0 Å². The third-order valence-corrected chi connectivity index (χ3v) is 4.54. The molecule has 1 amide bonds. The second-order valence-corrected chi connectivity index (χ2v) is 6.74. The van der Waals surface area contributed by atoms with Crippen molar-refractivity contribution in [3.05, 3.63) is 62.4 Å². The summed E-state index contributed by atoms with van der Waals surface area (Å²) in [4.78, 5) is 24.9. The summed E-state index contributed by atoms with van der Waals surface area (Å²) in [6.07, 6.45) is 0. The SMILES string of the molecule is COc1ccc(C(C)NC(=O)Cn2nnc3c(Cl)cc(Cl)cc3c2=O)cc1. The van der Waals surface area contributed by atoms with Gasteiger partial charge in [0.2, 0.25) is 5.91 Å². The minimum absolute atomic E-state index is 0.207. The van der Waals surface area contributed by atoms with Crippen LogP contribution in [0, 0.1) is 0 Å². The Morgan fingerprint density at radius 3 is 2.63 bits per heavy atom. The highest BCUT2D eigenvalue weighted by molar-refractivity contribution is 6.38. The molecule has 9 heteroatoms. The highest BCUT2D eigenvalue weighted by Crippen LogP contribution is 2.23. The predicted molar refractivity (Wildman–Crippen MR) is 103 cm³/mol. The van der Waals surface area contributed by atoms with Gasteiger partial charge in [-0.15, -0.1) is 5.10 Å².